The number of nitrogens with zero attached hydrogens (tertiary/aromatic N) is 2. The van der Waals surface area contributed by atoms with Gasteiger partial charge in [-0.05, 0) is 48.0 Å². The molecule has 0 spiro atoms. The van der Waals surface area contributed by atoms with Crippen molar-refractivity contribution in [3.8, 4) is 11.5 Å². The molecule has 2 aliphatic heterocycles. The molecule has 0 N–H and O–H groups in total. The summed E-state index contributed by atoms with van der Waals surface area (Å²) in [6.07, 6.45) is 3.56. The summed E-state index contributed by atoms with van der Waals surface area (Å²) >= 11 is 3.46. The predicted molar refractivity (Wildman–Crippen MR) is 112 cm³/mol. The lowest BCUT2D eigenvalue weighted by molar-refractivity contribution is 0.0861. The average Bonchev–Trinajstić information content (AvgIpc) is 3.05. The second-order valence-electron chi connectivity index (χ2n) is 7.00. The zero-order valence-corrected chi connectivity index (χ0v) is 17.1. The van der Waals surface area contributed by atoms with Crippen LogP contribution in [0.4, 0.5) is 0 Å². The van der Waals surface area contributed by atoms with E-state index >= 15 is 0 Å². The van der Waals surface area contributed by atoms with Gasteiger partial charge in [0.2, 0.25) is 5.78 Å². The zero-order valence-electron chi connectivity index (χ0n) is 15.5. The minimum atomic E-state index is -0.107. The van der Waals surface area contributed by atoms with Gasteiger partial charge in [0, 0.05) is 23.8 Å². The average molecular weight is 449 g/mol. The molecule has 0 unspecified atom stereocenters. The summed E-state index contributed by atoms with van der Waals surface area (Å²) in [5.41, 5.74) is 3.35. The fourth-order valence-corrected chi connectivity index (χ4v) is 3.99. The quantitative estimate of drug-likeness (QED) is 0.538. The molecule has 6 heteroatoms. The highest BCUT2D eigenvalue weighted by Gasteiger charge is 2.33. The van der Waals surface area contributed by atoms with E-state index in [9.17, 15) is 4.79 Å². The van der Waals surface area contributed by atoms with Crippen LogP contribution < -0.4 is 9.47 Å². The van der Waals surface area contributed by atoms with Crippen molar-refractivity contribution in [3.63, 3.8) is 0 Å². The third-order valence-electron chi connectivity index (χ3n) is 4.94. The van der Waals surface area contributed by atoms with Crippen LogP contribution in [0, 0.1) is 0 Å². The number of pyridine rings is 1. The van der Waals surface area contributed by atoms with Crippen LogP contribution in [-0.2, 0) is 13.1 Å². The lowest BCUT2D eigenvalue weighted by atomic mass is 10.0. The first kappa shape index (κ1) is 18.1. The van der Waals surface area contributed by atoms with E-state index in [0.29, 0.717) is 36.9 Å². The summed E-state index contributed by atoms with van der Waals surface area (Å²) < 4.78 is 12.9. The van der Waals surface area contributed by atoms with Gasteiger partial charge in [-0.1, -0.05) is 34.1 Å². The van der Waals surface area contributed by atoms with Crippen LogP contribution in [-0.4, -0.2) is 22.4 Å². The van der Waals surface area contributed by atoms with Crippen molar-refractivity contribution in [2.24, 2.45) is 0 Å². The highest BCUT2D eigenvalue weighted by Crippen LogP contribution is 2.42. The fraction of sp³-hybridized carbons (Fsp3) is 0.130. The SMILES string of the molecule is O=C1/C(=C/c2cccc(Br)c2)Oc2c1ccc1c2CN(Cc2ccccn2)CO1. The summed E-state index contributed by atoms with van der Waals surface area (Å²) in [5, 5.41) is 0. The zero-order chi connectivity index (χ0) is 19.8. The van der Waals surface area contributed by atoms with E-state index in [-0.39, 0.29) is 5.78 Å². The fourth-order valence-electron chi connectivity index (χ4n) is 3.57. The number of ether oxygens (including phenoxy) is 2. The molecule has 0 aliphatic carbocycles. The molecule has 0 saturated carbocycles. The molecule has 0 amide bonds. The number of rotatable bonds is 3. The van der Waals surface area contributed by atoms with Crippen molar-refractivity contribution in [3.05, 3.63) is 93.4 Å². The van der Waals surface area contributed by atoms with Gasteiger partial charge >= 0.3 is 0 Å². The van der Waals surface area contributed by atoms with Crippen molar-refractivity contribution in [1.29, 1.82) is 0 Å². The number of carbonyl (C=O) groups is 1. The molecule has 3 aromatic rings. The number of Topliss-reactive ketones (excluding diaryl/α,β-unsaturated/α-hetero) is 1. The summed E-state index contributed by atoms with van der Waals surface area (Å²) in [6, 6.07) is 17.2. The molecule has 2 aliphatic rings. The molecular weight excluding hydrogens is 432 g/mol. The largest absolute Gasteiger partial charge is 0.478 e. The molecule has 0 atom stereocenters. The third kappa shape index (κ3) is 3.57. The maximum absolute atomic E-state index is 12.9. The molecule has 2 aromatic carbocycles. The van der Waals surface area contributed by atoms with Crippen LogP contribution in [0.2, 0.25) is 0 Å². The molecule has 0 fully saturated rings. The van der Waals surface area contributed by atoms with E-state index in [4.69, 9.17) is 9.47 Å². The number of hydrogen-bond donors (Lipinski definition) is 0. The Kier molecular flexibility index (Phi) is 4.66. The first-order valence-electron chi connectivity index (χ1n) is 9.28. The monoisotopic (exact) mass is 448 g/mol. The number of benzene rings is 2. The Balaban J connectivity index is 1.44. The first-order valence-corrected chi connectivity index (χ1v) is 10.1. The molecule has 144 valence electrons. The molecule has 5 nitrogen and oxygen atoms in total. The smallest absolute Gasteiger partial charge is 0.231 e. The second kappa shape index (κ2) is 7.46. The Bertz CT molecular complexity index is 1130. The topological polar surface area (TPSA) is 51.7 Å². The van der Waals surface area contributed by atoms with E-state index in [2.05, 4.69) is 25.8 Å². The number of ketones is 1. The number of allylic oxidation sites excluding steroid dienone is 1. The van der Waals surface area contributed by atoms with Crippen molar-refractivity contribution in [1.82, 2.24) is 9.88 Å². The summed E-state index contributed by atoms with van der Waals surface area (Å²) in [5.74, 6) is 1.58. The molecular formula is C23H17BrN2O3. The number of hydrogen-bond acceptors (Lipinski definition) is 5. The van der Waals surface area contributed by atoms with Crippen molar-refractivity contribution in [2.45, 2.75) is 13.1 Å². The van der Waals surface area contributed by atoms with Gasteiger partial charge in [0.25, 0.3) is 0 Å². The van der Waals surface area contributed by atoms with Crippen LogP contribution in [0.15, 0.2) is 71.0 Å². The lowest BCUT2D eigenvalue weighted by Crippen LogP contribution is -2.32. The number of halogens is 1. The molecule has 1 aromatic heterocycles. The molecule has 5 rings (SSSR count). The molecule has 3 heterocycles. The number of fused-ring (bicyclic) bond motifs is 3. The van der Waals surface area contributed by atoms with E-state index in [1.54, 1.807) is 18.3 Å². The Morgan fingerprint density at radius 2 is 2.07 bits per heavy atom. The Morgan fingerprint density at radius 3 is 2.90 bits per heavy atom. The van der Waals surface area contributed by atoms with Gasteiger partial charge in [-0.3, -0.25) is 14.7 Å². The van der Waals surface area contributed by atoms with Gasteiger partial charge in [-0.25, -0.2) is 0 Å². The maximum atomic E-state index is 12.9. The molecule has 0 radical (unpaired) electrons. The Labute approximate surface area is 176 Å². The first-order chi connectivity index (χ1) is 14.2. The summed E-state index contributed by atoms with van der Waals surface area (Å²) in [6.45, 7) is 1.77. The van der Waals surface area contributed by atoms with Crippen LogP contribution in [0.1, 0.15) is 27.2 Å². The third-order valence-corrected chi connectivity index (χ3v) is 5.43. The molecule has 0 bridgehead atoms. The highest BCUT2D eigenvalue weighted by molar-refractivity contribution is 9.10. The van der Waals surface area contributed by atoms with Gasteiger partial charge in [0.05, 0.1) is 16.8 Å². The van der Waals surface area contributed by atoms with E-state index < -0.39 is 0 Å². The van der Waals surface area contributed by atoms with Gasteiger partial charge in [-0.15, -0.1) is 0 Å². The summed E-state index contributed by atoms with van der Waals surface area (Å²) in [4.78, 5) is 19.4. The summed E-state index contributed by atoms with van der Waals surface area (Å²) in [7, 11) is 0. The van der Waals surface area contributed by atoms with Crippen molar-refractivity contribution < 1.29 is 14.3 Å². The Hall–Kier alpha value is -2.96. The van der Waals surface area contributed by atoms with Gasteiger partial charge in [-0.2, -0.15) is 0 Å². The molecule has 29 heavy (non-hydrogen) atoms. The van der Waals surface area contributed by atoms with Crippen LogP contribution in [0.5, 0.6) is 11.5 Å². The second-order valence-corrected chi connectivity index (χ2v) is 7.91. The Morgan fingerprint density at radius 1 is 1.14 bits per heavy atom. The predicted octanol–water partition coefficient (Wildman–Crippen LogP) is 4.81. The number of aromatic nitrogens is 1. The van der Waals surface area contributed by atoms with Crippen LogP contribution >= 0.6 is 15.9 Å². The van der Waals surface area contributed by atoms with Gasteiger partial charge < -0.3 is 9.47 Å². The van der Waals surface area contributed by atoms with E-state index in [1.165, 1.54) is 0 Å². The van der Waals surface area contributed by atoms with Crippen molar-refractivity contribution in [2.75, 3.05) is 6.73 Å². The van der Waals surface area contributed by atoms with Gasteiger partial charge in [0.15, 0.2) is 5.76 Å². The maximum Gasteiger partial charge on any atom is 0.231 e. The lowest BCUT2D eigenvalue weighted by Gasteiger charge is -2.29. The van der Waals surface area contributed by atoms with Gasteiger partial charge in [0.1, 0.15) is 18.2 Å². The minimum absolute atomic E-state index is 0.107. The minimum Gasteiger partial charge on any atom is -0.478 e. The van der Waals surface area contributed by atoms with E-state index in [0.717, 1.165) is 27.0 Å². The van der Waals surface area contributed by atoms with Crippen LogP contribution in [0.25, 0.3) is 6.08 Å². The number of carbonyl (C=O) groups excluding carboxylic acids is 1. The van der Waals surface area contributed by atoms with Crippen LogP contribution in [0.3, 0.4) is 0 Å². The molecule has 0 saturated heterocycles. The van der Waals surface area contributed by atoms with Crippen molar-refractivity contribution >= 4 is 27.8 Å². The van der Waals surface area contributed by atoms with E-state index in [1.807, 2.05) is 48.5 Å². The normalized spacial score (nSPS) is 16.9. The standard InChI is InChI=1S/C23H17BrN2O3/c24-16-5-3-4-15(10-16)11-21-22(27)18-7-8-20-19(23(18)29-21)13-26(14-28-20)12-17-6-1-2-9-25-17/h1-11H,12-14H2/b21-11-. The highest BCUT2D eigenvalue weighted by atomic mass is 79.9.